The van der Waals surface area contributed by atoms with E-state index in [2.05, 4.69) is 30.9 Å². The second-order valence-corrected chi connectivity index (χ2v) is 6.44. The summed E-state index contributed by atoms with van der Waals surface area (Å²) in [5.74, 6) is -0.739. The Morgan fingerprint density at radius 3 is 2.83 bits per heavy atom. The van der Waals surface area contributed by atoms with Gasteiger partial charge in [0.1, 0.15) is 5.56 Å². The van der Waals surface area contributed by atoms with Crippen molar-refractivity contribution >= 4 is 61.6 Å². The van der Waals surface area contributed by atoms with E-state index in [1.54, 1.807) is 12.1 Å². The molecule has 1 aromatic carbocycles. The zero-order valence-electron chi connectivity index (χ0n) is 11.4. The number of halogens is 2. The van der Waals surface area contributed by atoms with Crippen LogP contribution in [0.15, 0.2) is 23.1 Å². The van der Waals surface area contributed by atoms with E-state index in [1.165, 1.54) is 21.9 Å². The van der Waals surface area contributed by atoms with Crippen LogP contribution in [0, 0.1) is 0 Å². The third-order valence-corrected chi connectivity index (χ3v) is 4.93. The Kier molecular flexibility index (Phi) is 3.44. The lowest BCUT2D eigenvalue weighted by Gasteiger charge is -2.01. The average Bonchev–Trinajstić information content (AvgIpc) is 3.16. The summed E-state index contributed by atoms with van der Waals surface area (Å²) in [7, 11) is 0. The van der Waals surface area contributed by atoms with Crippen LogP contribution >= 0.6 is 34.5 Å². The highest BCUT2D eigenvalue weighted by molar-refractivity contribution is 7.23. The average molecular weight is 382 g/mol. The number of fused-ring (bicyclic) bond motifs is 3. The number of rotatable bonds is 2. The molecule has 0 saturated carbocycles. The van der Waals surface area contributed by atoms with Crippen molar-refractivity contribution < 1.29 is 4.79 Å². The fraction of sp³-hybridized carbons (Fsp3) is 0. The summed E-state index contributed by atoms with van der Waals surface area (Å²) >= 11 is 13.3. The first-order valence-corrected chi connectivity index (χ1v) is 7.96. The molecule has 0 radical (unpaired) electrons. The lowest BCUT2D eigenvalue weighted by Crippen LogP contribution is -2.26. The molecule has 9 nitrogen and oxygen atoms in total. The lowest BCUT2D eigenvalue weighted by molar-refractivity contribution is 0.102. The molecule has 12 heteroatoms. The van der Waals surface area contributed by atoms with Crippen LogP contribution in [0.2, 0.25) is 10.0 Å². The SMILES string of the molecule is O=C(Nc1nn[nH]n1)c1cnc2sc3cc(Cl)c(Cl)cc3n2c1=O. The predicted molar refractivity (Wildman–Crippen MR) is 89.0 cm³/mol. The van der Waals surface area contributed by atoms with E-state index >= 15 is 0 Å². The highest BCUT2D eigenvalue weighted by Gasteiger charge is 2.18. The molecule has 0 bridgehead atoms. The summed E-state index contributed by atoms with van der Waals surface area (Å²) in [6, 6.07) is 3.21. The van der Waals surface area contributed by atoms with Crippen LogP contribution in [0.1, 0.15) is 10.4 Å². The number of nitrogens with zero attached hydrogens (tertiary/aromatic N) is 5. The molecule has 120 valence electrons. The van der Waals surface area contributed by atoms with Crippen molar-refractivity contribution in [1.82, 2.24) is 30.0 Å². The second kappa shape index (κ2) is 5.51. The van der Waals surface area contributed by atoms with Crippen molar-refractivity contribution in [2.24, 2.45) is 0 Å². The van der Waals surface area contributed by atoms with Gasteiger partial charge in [0.05, 0.1) is 20.3 Å². The molecule has 0 fully saturated rings. The number of amides is 1. The van der Waals surface area contributed by atoms with E-state index in [4.69, 9.17) is 23.2 Å². The van der Waals surface area contributed by atoms with Gasteiger partial charge in [-0.1, -0.05) is 39.6 Å². The van der Waals surface area contributed by atoms with E-state index in [-0.39, 0.29) is 11.5 Å². The Balaban J connectivity index is 1.91. The third-order valence-electron chi connectivity index (χ3n) is 3.19. The topological polar surface area (TPSA) is 118 Å². The summed E-state index contributed by atoms with van der Waals surface area (Å²) in [5.41, 5.74) is -0.176. The first-order chi connectivity index (χ1) is 11.5. The number of H-pyrrole nitrogens is 1. The third kappa shape index (κ3) is 2.31. The Morgan fingerprint density at radius 2 is 2.08 bits per heavy atom. The molecule has 0 aliphatic heterocycles. The van der Waals surface area contributed by atoms with Gasteiger partial charge in [-0.3, -0.25) is 19.3 Å². The van der Waals surface area contributed by atoms with Crippen molar-refractivity contribution in [1.29, 1.82) is 0 Å². The standard InChI is InChI=1S/C12H5Cl2N7O2S/c13-5-1-7-8(2-6(5)14)24-12-15-3-4(10(23)21(7)12)9(22)16-11-17-19-20-18-11/h1-3H,(H2,16,17,18,19,20,22). The Labute approximate surface area is 146 Å². The van der Waals surface area contributed by atoms with Crippen molar-refractivity contribution in [2.45, 2.75) is 0 Å². The number of nitrogens with one attached hydrogen (secondary N) is 2. The zero-order valence-corrected chi connectivity index (χ0v) is 13.8. The fourth-order valence-electron chi connectivity index (χ4n) is 2.14. The number of hydrogen-bond donors (Lipinski definition) is 2. The molecule has 0 spiro atoms. The van der Waals surface area contributed by atoms with Gasteiger partial charge in [0.25, 0.3) is 17.4 Å². The number of benzene rings is 1. The smallest absolute Gasteiger partial charge is 0.271 e. The molecular weight excluding hydrogens is 377 g/mol. The molecule has 0 aliphatic carbocycles. The summed E-state index contributed by atoms with van der Waals surface area (Å²) in [5, 5.41) is 15.7. The molecule has 4 aromatic rings. The predicted octanol–water partition coefficient (Wildman–Crippen LogP) is 1.98. The molecular formula is C12H5Cl2N7O2S. The molecule has 2 N–H and O–H groups in total. The van der Waals surface area contributed by atoms with E-state index in [0.29, 0.717) is 20.5 Å². The molecule has 4 rings (SSSR count). The van der Waals surface area contributed by atoms with Crippen molar-refractivity contribution in [2.75, 3.05) is 5.32 Å². The highest BCUT2D eigenvalue weighted by Crippen LogP contribution is 2.32. The molecule has 24 heavy (non-hydrogen) atoms. The van der Waals surface area contributed by atoms with Crippen LogP contribution < -0.4 is 10.9 Å². The minimum Gasteiger partial charge on any atom is -0.288 e. The zero-order chi connectivity index (χ0) is 16.8. The van der Waals surface area contributed by atoms with Crippen molar-refractivity contribution in [3.8, 4) is 0 Å². The Bertz CT molecular complexity index is 1150. The van der Waals surface area contributed by atoms with Crippen LogP contribution in [-0.4, -0.2) is 35.9 Å². The number of hydrogen-bond acceptors (Lipinski definition) is 7. The maximum Gasteiger partial charge on any atom is 0.271 e. The second-order valence-electron chi connectivity index (χ2n) is 4.62. The van der Waals surface area contributed by atoms with E-state index < -0.39 is 11.5 Å². The minimum atomic E-state index is -0.692. The maximum absolute atomic E-state index is 12.7. The number of thiazole rings is 1. The Morgan fingerprint density at radius 1 is 1.29 bits per heavy atom. The fourth-order valence-corrected chi connectivity index (χ4v) is 3.53. The van der Waals surface area contributed by atoms with E-state index in [1.807, 2.05) is 0 Å². The van der Waals surface area contributed by atoms with Gasteiger partial charge in [-0.05, 0) is 17.3 Å². The Hall–Kier alpha value is -2.56. The van der Waals surface area contributed by atoms with E-state index in [9.17, 15) is 9.59 Å². The van der Waals surface area contributed by atoms with Crippen LogP contribution in [0.25, 0.3) is 15.2 Å². The quantitative estimate of drug-likeness (QED) is 0.547. The van der Waals surface area contributed by atoms with Crippen LogP contribution in [0.5, 0.6) is 0 Å². The maximum atomic E-state index is 12.7. The molecule has 3 heterocycles. The largest absolute Gasteiger partial charge is 0.288 e. The van der Waals surface area contributed by atoms with Gasteiger partial charge >= 0.3 is 0 Å². The van der Waals surface area contributed by atoms with Gasteiger partial charge in [0, 0.05) is 6.20 Å². The van der Waals surface area contributed by atoms with E-state index in [0.717, 1.165) is 4.70 Å². The van der Waals surface area contributed by atoms with Crippen molar-refractivity contribution in [3.05, 3.63) is 44.3 Å². The van der Waals surface area contributed by atoms with Gasteiger partial charge < -0.3 is 0 Å². The summed E-state index contributed by atoms with van der Waals surface area (Å²) in [4.78, 5) is 29.5. The highest BCUT2D eigenvalue weighted by atomic mass is 35.5. The van der Waals surface area contributed by atoms with Crippen molar-refractivity contribution in [3.63, 3.8) is 0 Å². The van der Waals surface area contributed by atoms with Gasteiger partial charge in [-0.2, -0.15) is 5.21 Å². The van der Waals surface area contributed by atoms with Crippen LogP contribution in [-0.2, 0) is 0 Å². The normalized spacial score (nSPS) is 11.2. The number of aromatic amines is 1. The molecule has 0 aliphatic rings. The summed E-state index contributed by atoms with van der Waals surface area (Å²) < 4.78 is 2.04. The van der Waals surface area contributed by atoms with Gasteiger partial charge in [0.15, 0.2) is 4.96 Å². The van der Waals surface area contributed by atoms with Gasteiger partial charge in [0.2, 0.25) is 0 Å². The number of carbonyl (C=O) groups is 1. The summed E-state index contributed by atoms with van der Waals surface area (Å²) in [6.45, 7) is 0. The molecule has 0 atom stereocenters. The van der Waals surface area contributed by atoms with Crippen LogP contribution in [0.3, 0.4) is 0 Å². The molecule has 3 aromatic heterocycles. The number of tetrazole rings is 1. The lowest BCUT2D eigenvalue weighted by atomic mass is 10.3. The number of carbonyl (C=O) groups excluding carboxylic acids is 1. The van der Waals surface area contributed by atoms with Crippen LogP contribution in [0.4, 0.5) is 5.95 Å². The molecule has 0 saturated heterocycles. The molecule has 1 amide bonds. The van der Waals surface area contributed by atoms with Gasteiger partial charge in [-0.15, -0.1) is 5.10 Å². The monoisotopic (exact) mass is 381 g/mol. The number of aromatic nitrogens is 6. The minimum absolute atomic E-state index is 0.0468. The first kappa shape index (κ1) is 15.0. The summed E-state index contributed by atoms with van der Waals surface area (Å²) in [6.07, 6.45) is 1.20. The van der Waals surface area contributed by atoms with Gasteiger partial charge in [-0.25, -0.2) is 4.98 Å². The first-order valence-electron chi connectivity index (χ1n) is 6.38. The number of anilines is 1. The molecule has 0 unspecified atom stereocenters.